The number of nitrogens with two attached hydrogens (primary N) is 1. The molecule has 1 aromatic heterocycles. The van der Waals surface area contributed by atoms with Gasteiger partial charge in [0.25, 0.3) is 0 Å². The van der Waals surface area contributed by atoms with Crippen molar-refractivity contribution in [3.05, 3.63) is 29.1 Å². The maximum Gasteiger partial charge on any atom is 0.0819 e. The summed E-state index contributed by atoms with van der Waals surface area (Å²) in [5.74, 6) is 0.768. The molecule has 0 amide bonds. The quantitative estimate of drug-likeness (QED) is 0.785. The van der Waals surface area contributed by atoms with Crippen molar-refractivity contribution < 1.29 is 0 Å². The van der Waals surface area contributed by atoms with E-state index in [-0.39, 0.29) is 18.3 Å². The van der Waals surface area contributed by atoms with Crippen LogP contribution in [0.5, 0.6) is 0 Å². The highest BCUT2D eigenvalue weighted by atomic mass is 35.5. The van der Waals surface area contributed by atoms with Crippen LogP contribution in [0.25, 0.3) is 0 Å². The molecule has 1 aliphatic rings. The second-order valence-corrected chi connectivity index (χ2v) is 4.89. The van der Waals surface area contributed by atoms with Crippen molar-refractivity contribution >= 4 is 29.6 Å². The first kappa shape index (κ1) is 13.4. The number of rotatable bonds is 1. The highest BCUT2D eigenvalue weighted by molar-refractivity contribution is 7.80. The summed E-state index contributed by atoms with van der Waals surface area (Å²) in [5, 5.41) is 0. The van der Waals surface area contributed by atoms with E-state index in [0.717, 1.165) is 18.5 Å². The molecule has 0 spiro atoms. The molecule has 0 bridgehead atoms. The average Bonchev–Trinajstić information content (AvgIpc) is 2.19. The fraction of sp³-hybridized carbons (Fsp3) is 0.500. The molecule has 0 fully saturated rings. The SMILES string of the molecule is Cc1cnc2c(c1)C(C)CCC2C(N)=S.Cl. The number of halogens is 1. The van der Waals surface area contributed by atoms with Gasteiger partial charge >= 0.3 is 0 Å². The Morgan fingerprint density at radius 3 is 2.81 bits per heavy atom. The van der Waals surface area contributed by atoms with Crippen molar-refractivity contribution in [2.75, 3.05) is 0 Å². The van der Waals surface area contributed by atoms with Crippen molar-refractivity contribution in [3.8, 4) is 0 Å². The Kier molecular flexibility index (Phi) is 4.28. The molecule has 2 rings (SSSR count). The topological polar surface area (TPSA) is 38.9 Å². The molecule has 88 valence electrons. The highest BCUT2D eigenvalue weighted by Gasteiger charge is 2.27. The largest absolute Gasteiger partial charge is 0.393 e. The van der Waals surface area contributed by atoms with Gasteiger partial charge < -0.3 is 5.73 Å². The minimum atomic E-state index is 0. The van der Waals surface area contributed by atoms with E-state index in [4.69, 9.17) is 18.0 Å². The smallest absolute Gasteiger partial charge is 0.0819 e. The zero-order valence-corrected chi connectivity index (χ0v) is 11.2. The number of thiocarbonyl (C=S) groups is 1. The predicted molar refractivity (Wildman–Crippen MR) is 73.4 cm³/mol. The monoisotopic (exact) mass is 256 g/mol. The molecule has 0 saturated heterocycles. The maximum absolute atomic E-state index is 5.76. The Hall–Kier alpha value is -0.670. The molecule has 1 aromatic rings. The van der Waals surface area contributed by atoms with Gasteiger partial charge in [-0.25, -0.2) is 0 Å². The summed E-state index contributed by atoms with van der Waals surface area (Å²) in [6, 6.07) is 2.22. The second-order valence-electron chi connectivity index (χ2n) is 4.42. The molecule has 0 aromatic carbocycles. The summed E-state index contributed by atoms with van der Waals surface area (Å²) in [6.45, 7) is 4.32. The van der Waals surface area contributed by atoms with Crippen LogP contribution in [-0.2, 0) is 0 Å². The number of hydrogen-bond donors (Lipinski definition) is 1. The molecular weight excluding hydrogens is 240 g/mol. The van der Waals surface area contributed by atoms with Crippen LogP contribution in [0.2, 0.25) is 0 Å². The van der Waals surface area contributed by atoms with Crippen LogP contribution in [0.1, 0.15) is 48.4 Å². The minimum absolute atomic E-state index is 0. The number of hydrogen-bond acceptors (Lipinski definition) is 2. The zero-order chi connectivity index (χ0) is 11.0. The molecule has 0 saturated carbocycles. The lowest BCUT2D eigenvalue weighted by molar-refractivity contribution is 0.555. The van der Waals surface area contributed by atoms with Gasteiger partial charge in [0.15, 0.2) is 0 Å². The van der Waals surface area contributed by atoms with Crippen LogP contribution in [0, 0.1) is 6.92 Å². The first-order valence-electron chi connectivity index (χ1n) is 5.35. The van der Waals surface area contributed by atoms with Gasteiger partial charge in [-0.15, -0.1) is 12.4 Å². The molecule has 4 heteroatoms. The van der Waals surface area contributed by atoms with Crippen molar-refractivity contribution in [1.29, 1.82) is 0 Å². The molecule has 1 heterocycles. The molecule has 0 radical (unpaired) electrons. The molecule has 2 unspecified atom stereocenters. The predicted octanol–water partition coefficient (Wildman–Crippen LogP) is 3.08. The van der Waals surface area contributed by atoms with E-state index in [2.05, 4.69) is 24.9 Å². The molecule has 2 atom stereocenters. The van der Waals surface area contributed by atoms with Crippen LogP contribution in [0.4, 0.5) is 0 Å². The Morgan fingerprint density at radius 1 is 1.50 bits per heavy atom. The normalized spacial score (nSPS) is 23.1. The van der Waals surface area contributed by atoms with E-state index in [1.54, 1.807) is 0 Å². The van der Waals surface area contributed by atoms with Crippen LogP contribution in [0.15, 0.2) is 12.3 Å². The third kappa shape index (κ3) is 2.36. The van der Waals surface area contributed by atoms with Crippen LogP contribution >= 0.6 is 24.6 Å². The molecule has 2 nitrogen and oxygen atoms in total. The number of pyridine rings is 1. The van der Waals surface area contributed by atoms with Crippen molar-refractivity contribution in [1.82, 2.24) is 4.98 Å². The van der Waals surface area contributed by atoms with Gasteiger partial charge in [0, 0.05) is 6.20 Å². The standard InChI is InChI=1S/C12H16N2S.ClH/c1-7-5-10-8(2)3-4-9(12(13)15)11(10)14-6-7;/h5-6,8-9H,3-4H2,1-2H3,(H2,13,15);1H. The Morgan fingerprint density at radius 2 is 2.19 bits per heavy atom. The number of nitrogens with zero attached hydrogens (tertiary/aromatic N) is 1. The Bertz CT molecular complexity index is 406. The Balaban J connectivity index is 0.00000128. The summed E-state index contributed by atoms with van der Waals surface area (Å²) < 4.78 is 0. The molecule has 1 aliphatic carbocycles. The minimum Gasteiger partial charge on any atom is -0.393 e. The first-order chi connectivity index (χ1) is 7.09. The average molecular weight is 257 g/mol. The summed E-state index contributed by atoms with van der Waals surface area (Å²) in [7, 11) is 0. The van der Waals surface area contributed by atoms with Crippen molar-refractivity contribution in [2.24, 2.45) is 5.73 Å². The van der Waals surface area contributed by atoms with Gasteiger partial charge in [0.2, 0.25) is 0 Å². The fourth-order valence-corrected chi connectivity index (χ4v) is 2.50. The van der Waals surface area contributed by atoms with E-state index >= 15 is 0 Å². The molecule has 0 aliphatic heterocycles. The van der Waals surface area contributed by atoms with Crippen LogP contribution in [-0.4, -0.2) is 9.97 Å². The first-order valence-corrected chi connectivity index (χ1v) is 5.76. The van der Waals surface area contributed by atoms with Crippen molar-refractivity contribution in [3.63, 3.8) is 0 Å². The van der Waals surface area contributed by atoms with Gasteiger partial charge in [-0.2, -0.15) is 0 Å². The van der Waals surface area contributed by atoms with Gasteiger partial charge in [-0.1, -0.05) is 25.2 Å². The van der Waals surface area contributed by atoms with E-state index < -0.39 is 0 Å². The van der Waals surface area contributed by atoms with Gasteiger partial charge in [0.1, 0.15) is 0 Å². The number of aryl methyl sites for hydroxylation is 1. The van der Waals surface area contributed by atoms with E-state index in [1.807, 2.05) is 6.20 Å². The third-order valence-electron chi connectivity index (χ3n) is 3.18. The lowest BCUT2D eigenvalue weighted by Crippen LogP contribution is -2.25. The van der Waals surface area contributed by atoms with Gasteiger partial charge in [0.05, 0.1) is 16.6 Å². The van der Waals surface area contributed by atoms with Gasteiger partial charge in [-0.05, 0) is 36.8 Å². The fourth-order valence-electron chi connectivity index (χ4n) is 2.27. The van der Waals surface area contributed by atoms with E-state index in [1.165, 1.54) is 11.1 Å². The lowest BCUT2D eigenvalue weighted by atomic mass is 9.80. The van der Waals surface area contributed by atoms with Crippen LogP contribution < -0.4 is 5.73 Å². The summed E-state index contributed by atoms with van der Waals surface area (Å²) >= 11 is 5.10. The number of aromatic nitrogens is 1. The van der Waals surface area contributed by atoms with Crippen LogP contribution in [0.3, 0.4) is 0 Å². The lowest BCUT2D eigenvalue weighted by Gasteiger charge is -2.28. The van der Waals surface area contributed by atoms with Crippen molar-refractivity contribution in [2.45, 2.75) is 38.5 Å². The second kappa shape index (κ2) is 5.11. The van der Waals surface area contributed by atoms with E-state index in [0.29, 0.717) is 10.9 Å². The molecule has 16 heavy (non-hydrogen) atoms. The molecule has 2 N–H and O–H groups in total. The van der Waals surface area contributed by atoms with E-state index in [9.17, 15) is 0 Å². The molecular formula is C12H17ClN2S. The zero-order valence-electron chi connectivity index (χ0n) is 9.56. The number of fused-ring (bicyclic) bond motifs is 1. The third-order valence-corrected chi connectivity index (χ3v) is 3.46. The summed E-state index contributed by atoms with van der Waals surface area (Å²) in [4.78, 5) is 5.09. The van der Waals surface area contributed by atoms with Gasteiger partial charge in [-0.3, -0.25) is 4.98 Å². The maximum atomic E-state index is 5.76. The highest BCUT2D eigenvalue weighted by Crippen LogP contribution is 2.37. The summed E-state index contributed by atoms with van der Waals surface area (Å²) in [5.41, 5.74) is 9.41. The summed E-state index contributed by atoms with van der Waals surface area (Å²) in [6.07, 6.45) is 4.10. The Labute approximate surface area is 108 Å².